The first-order chi connectivity index (χ1) is 15.9. The third kappa shape index (κ3) is 5.15. The van der Waals surface area contributed by atoms with Crippen LogP contribution in [0.5, 0.6) is 0 Å². The molecule has 0 atom stereocenters. The van der Waals surface area contributed by atoms with E-state index in [4.69, 9.17) is 35.4 Å². The van der Waals surface area contributed by atoms with E-state index in [0.717, 1.165) is 10.9 Å². The summed E-state index contributed by atoms with van der Waals surface area (Å²) in [6.07, 6.45) is 1.51. The summed E-state index contributed by atoms with van der Waals surface area (Å²) in [5.41, 5.74) is 4.89. The minimum absolute atomic E-state index is 0.164. The van der Waals surface area contributed by atoms with E-state index in [-0.39, 0.29) is 20.7 Å². The molecule has 0 saturated heterocycles. The lowest BCUT2D eigenvalue weighted by Crippen LogP contribution is -2.42. The quantitative estimate of drug-likeness (QED) is 0.202. The molecule has 4 aromatic rings. The molecule has 3 aromatic carbocycles. The van der Waals surface area contributed by atoms with Crippen molar-refractivity contribution < 1.29 is 10.0 Å². The highest BCUT2D eigenvalue weighted by atomic mass is 35.5. The lowest BCUT2D eigenvalue weighted by Gasteiger charge is -2.21. The number of aromatic nitrogens is 1. The molecule has 33 heavy (non-hydrogen) atoms. The van der Waals surface area contributed by atoms with E-state index >= 15 is 0 Å². The van der Waals surface area contributed by atoms with Crippen LogP contribution in [-0.2, 0) is 0 Å². The Hall–Kier alpha value is -3.43. The standard InChI is InChI=1S/C23H17Cl2N5O2S/c24-16-9-5-10-17(25)20(16)22(31)28-18-11-4-8-15-19(12-13-26-21(15)18)30(32)29-23(33)27-14-6-2-1-3-7-14/h1-13,32H,(H,28,31)(H2,27,29,33). The van der Waals surface area contributed by atoms with Gasteiger partial charge in [-0.15, -0.1) is 0 Å². The third-order valence-corrected chi connectivity index (χ3v) is 5.48. The Bertz CT molecular complexity index is 1320. The van der Waals surface area contributed by atoms with Gasteiger partial charge in [-0.3, -0.25) is 15.0 Å². The zero-order valence-electron chi connectivity index (χ0n) is 16.9. The molecule has 7 nitrogen and oxygen atoms in total. The molecule has 0 aliphatic heterocycles. The van der Waals surface area contributed by atoms with Crippen molar-refractivity contribution in [3.8, 4) is 0 Å². The number of benzene rings is 3. The largest absolute Gasteiger partial charge is 0.331 e. The summed E-state index contributed by atoms with van der Waals surface area (Å²) in [6, 6.07) is 20.9. The highest BCUT2D eigenvalue weighted by Crippen LogP contribution is 2.30. The van der Waals surface area contributed by atoms with E-state index in [9.17, 15) is 10.0 Å². The van der Waals surface area contributed by atoms with Crippen LogP contribution in [0.3, 0.4) is 0 Å². The Morgan fingerprint density at radius 1 is 0.909 bits per heavy atom. The second-order valence-corrected chi connectivity index (χ2v) is 8.05. The average molecular weight is 498 g/mol. The number of hydrazine groups is 1. The van der Waals surface area contributed by atoms with Gasteiger partial charge in [0.25, 0.3) is 5.91 Å². The monoisotopic (exact) mass is 497 g/mol. The Morgan fingerprint density at radius 3 is 2.33 bits per heavy atom. The van der Waals surface area contributed by atoms with Gasteiger partial charge in [-0.05, 0) is 48.6 Å². The van der Waals surface area contributed by atoms with Gasteiger partial charge in [-0.25, -0.2) is 5.43 Å². The number of hydrogen-bond donors (Lipinski definition) is 4. The number of anilines is 3. The number of rotatable bonds is 5. The van der Waals surface area contributed by atoms with Gasteiger partial charge in [-0.1, -0.05) is 59.6 Å². The predicted octanol–water partition coefficient (Wildman–Crippen LogP) is 5.89. The van der Waals surface area contributed by atoms with Gasteiger partial charge in [0.15, 0.2) is 5.11 Å². The number of pyridine rings is 1. The van der Waals surface area contributed by atoms with Crippen molar-refractivity contribution in [3.63, 3.8) is 0 Å². The average Bonchev–Trinajstić information content (AvgIpc) is 2.79. The predicted molar refractivity (Wildman–Crippen MR) is 136 cm³/mol. The zero-order chi connectivity index (χ0) is 23.4. The molecule has 0 saturated carbocycles. The fourth-order valence-electron chi connectivity index (χ4n) is 3.18. The number of fused-ring (bicyclic) bond motifs is 1. The summed E-state index contributed by atoms with van der Waals surface area (Å²) in [4.78, 5) is 17.2. The highest BCUT2D eigenvalue weighted by Gasteiger charge is 2.17. The summed E-state index contributed by atoms with van der Waals surface area (Å²) >= 11 is 17.6. The van der Waals surface area contributed by atoms with Crippen LogP contribution >= 0.6 is 35.4 Å². The molecule has 0 aliphatic carbocycles. The SMILES string of the molecule is O=C(Nc1cccc2c(N(O)NC(=S)Nc3ccccc3)ccnc12)c1c(Cl)cccc1Cl. The van der Waals surface area contributed by atoms with E-state index in [1.807, 2.05) is 30.3 Å². The second-order valence-electron chi connectivity index (χ2n) is 6.83. The van der Waals surface area contributed by atoms with Gasteiger partial charge in [0.05, 0.1) is 32.5 Å². The summed E-state index contributed by atoms with van der Waals surface area (Å²) in [5, 5.41) is 18.4. The van der Waals surface area contributed by atoms with Crippen molar-refractivity contribution in [1.82, 2.24) is 10.4 Å². The third-order valence-electron chi connectivity index (χ3n) is 4.65. The number of nitrogens with one attached hydrogen (secondary N) is 3. The Balaban J connectivity index is 1.58. The number of thiocarbonyl (C=S) groups is 1. The van der Waals surface area contributed by atoms with Crippen molar-refractivity contribution in [1.29, 1.82) is 0 Å². The van der Waals surface area contributed by atoms with Gasteiger partial charge >= 0.3 is 0 Å². The topological polar surface area (TPSA) is 89.5 Å². The fraction of sp³-hybridized carbons (Fsp3) is 0. The van der Waals surface area contributed by atoms with E-state index in [1.165, 1.54) is 6.20 Å². The Morgan fingerprint density at radius 2 is 1.61 bits per heavy atom. The van der Waals surface area contributed by atoms with Gasteiger partial charge in [0, 0.05) is 17.3 Å². The smallest absolute Gasteiger partial charge is 0.258 e. The lowest BCUT2D eigenvalue weighted by atomic mass is 10.1. The number of para-hydroxylation sites is 2. The van der Waals surface area contributed by atoms with Crippen molar-refractivity contribution in [2.45, 2.75) is 0 Å². The summed E-state index contributed by atoms with van der Waals surface area (Å²) in [6.45, 7) is 0. The molecular weight excluding hydrogens is 481 g/mol. The number of halogens is 2. The number of hydrogen-bond acceptors (Lipinski definition) is 5. The molecule has 0 spiro atoms. The maximum absolute atomic E-state index is 12.8. The van der Waals surface area contributed by atoms with Crippen LogP contribution < -0.4 is 21.2 Å². The molecule has 0 aliphatic rings. The van der Waals surface area contributed by atoms with E-state index in [1.54, 1.807) is 42.5 Å². The molecular formula is C23H17Cl2N5O2S. The molecule has 4 N–H and O–H groups in total. The van der Waals surface area contributed by atoms with Gasteiger partial charge in [0.2, 0.25) is 0 Å². The summed E-state index contributed by atoms with van der Waals surface area (Å²) < 4.78 is 0. The number of carbonyl (C=O) groups excluding carboxylic acids is 1. The minimum atomic E-state index is -0.475. The van der Waals surface area contributed by atoms with E-state index < -0.39 is 5.91 Å². The molecule has 0 unspecified atom stereocenters. The number of carbonyl (C=O) groups is 1. The van der Waals surface area contributed by atoms with Crippen molar-refractivity contribution >= 4 is 74.4 Å². The van der Waals surface area contributed by atoms with Crippen LogP contribution in [0.4, 0.5) is 17.1 Å². The molecule has 10 heteroatoms. The minimum Gasteiger partial charge on any atom is -0.331 e. The first-order valence-corrected chi connectivity index (χ1v) is 10.9. The summed E-state index contributed by atoms with van der Waals surface area (Å²) in [5.74, 6) is -0.475. The van der Waals surface area contributed by atoms with Crippen molar-refractivity contribution in [3.05, 3.63) is 94.6 Å². The van der Waals surface area contributed by atoms with Crippen LogP contribution in [0.15, 0.2) is 79.0 Å². The first-order valence-electron chi connectivity index (χ1n) is 9.69. The fourth-order valence-corrected chi connectivity index (χ4v) is 3.96. The van der Waals surface area contributed by atoms with E-state index in [2.05, 4.69) is 21.0 Å². The second kappa shape index (κ2) is 10.0. The number of nitrogens with zero attached hydrogens (tertiary/aromatic N) is 2. The normalized spacial score (nSPS) is 10.5. The van der Waals surface area contributed by atoms with Crippen LogP contribution in [0, 0.1) is 0 Å². The maximum Gasteiger partial charge on any atom is 0.258 e. The Kier molecular flexibility index (Phi) is 6.90. The molecule has 166 valence electrons. The van der Waals surface area contributed by atoms with Crippen LogP contribution in [0.2, 0.25) is 10.0 Å². The Labute approximate surface area is 204 Å². The van der Waals surface area contributed by atoms with Crippen molar-refractivity contribution in [2.75, 3.05) is 15.8 Å². The van der Waals surface area contributed by atoms with Gasteiger partial charge in [0.1, 0.15) is 0 Å². The van der Waals surface area contributed by atoms with Crippen molar-refractivity contribution in [2.24, 2.45) is 0 Å². The highest BCUT2D eigenvalue weighted by molar-refractivity contribution is 7.80. The van der Waals surface area contributed by atoms with Gasteiger partial charge in [-0.2, -0.15) is 5.17 Å². The molecule has 1 heterocycles. The molecule has 1 aromatic heterocycles. The van der Waals surface area contributed by atoms with Crippen LogP contribution in [0.1, 0.15) is 10.4 Å². The first kappa shape index (κ1) is 22.8. The van der Waals surface area contributed by atoms with Gasteiger partial charge < -0.3 is 10.6 Å². The molecule has 0 bridgehead atoms. The summed E-state index contributed by atoms with van der Waals surface area (Å²) in [7, 11) is 0. The van der Waals surface area contributed by atoms with E-state index in [0.29, 0.717) is 22.3 Å². The molecule has 4 rings (SSSR count). The van der Waals surface area contributed by atoms with Crippen LogP contribution in [0.25, 0.3) is 10.9 Å². The maximum atomic E-state index is 12.8. The molecule has 0 fully saturated rings. The lowest BCUT2D eigenvalue weighted by molar-refractivity contribution is 0.102. The molecule has 0 radical (unpaired) electrons. The zero-order valence-corrected chi connectivity index (χ0v) is 19.2. The van der Waals surface area contributed by atoms with Crippen LogP contribution in [-0.4, -0.2) is 21.2 Å². The number of amides is 1. The molecule has 1 amide bonds.